The lowest BCUT2D eigenvalue weighted by Gasteiger charge is -2.30. The van der Waals surface area contributed by atoms with Gasteiger partial charge >= 0.3 is 0 Å². The van der Waals surface area contributed by atoms with Crippen LogP contribution in [0.4, 0.5) is 0 Å². The number of nitrogens with one attached hydrogen (secondary N) is 2. The van der Waals surface area contributed by atoms with Gasteiger partial charge in [0.25, 0.3) is 0 Å². The van der Waals surface area contributed by atoms with Gasteiger partial charge in [-0.2, -0.15) is 0 Å². The minimum atomic E-state index is 0.169. The van der Waals surface area contributed by atoms with Crippen LogP contribution >= 0.6 is 0 Å². The summed E-state index contributed by atoms with van der Waals surface area (Å²) in [5.74, 6) is 1.000. The lowest BCUT2D eigenvalue weighted by molar-refractivity contribution is -0.122. The molecule has 2 N–H and O–H groups in total. The van der Waals surface area contributed by atoms with Gasteiger partial charge < -0.3 is 10.6 Å². The first-order valence-electron chi connectivity index (χ1n) is 8.19. The summed E-state index contributed by atoms with van der Waals surface area (Å²) in [6.45, 7) is 8.47. The Morgan fingerprint density at radius 2 is 2.10 bits per heavy atom. The summed E-state index contributed by atoms with van der Waals surface area (Å²) in [7, 11) is 0. The number of rotatable bonds is 5. The lowest BCUT2D eigenvalue weighted by Crippen LogP contribution is -2.50. The number of carbonyl (C=O) groups excluding carboxylic acids is 1. The van der Waals surface area contributed by atoms with Gasteiger partial charge in [0.2, 0.25) is 5.91 Å². The van der Waals surface area contributed by atoms with Crippen LogP contribution in [0.2, 0.25) is 0 Å². The van der Waals surface area contributed by atoms with Crippen molar-refractivity contribution < 1.29 is 4.79 Å². The smallest absolute Gasteiger partial charge is 0.220 e. The van der Waals surface area contributed by atoms with Crippen LogP contribution in [0, 0.1) is 5.92 Å². The molecule has 3 unspecified atom stereocenters. The van der Waals surface area contributed by atoms with Gasteiger partial charge in [0, 0.05) is 19.0 Å². The molecule has 1 aromatic carbocycles. The molecule has 1 aromatic rings. The lowest BCUT2D eigenvalue weighted by atomic mass is 9.93. The molecule has 0 aliphatic carbocycles. The zero-order valence-electron chi connectivity index (χ0n) is 13.5. The van der Waals surface area contributed by atoms with E-state index in [-0.39, 0.29) is 17.9 Å². The predicted octanol–water partition coefficient (Wildman–Crippen LogP) is 2.86. The average Bonchev–Trinajstić information content (AvgIpc) is 2.49. The molecule has 1 saturated heterocycles. The standard InChI is InChI=1S/C18H28N2O/c1-4-15-5-7-16(8-6-15)14(3)11-18(21)20-17-12-19-10-9-13(17)2/h5-8,13-14,17,19H,4,9-12H2,1-3H3,(H,20,21). The fraction of sp³-hybridized carbons (Fsp3) is 0.611. The fourth-order valence-electron chi connectivity index (χ4n) is 2.93. The second-order valence-electron chi connectivity index (χ2n) is 6.34. The number of piperidine rings is 1. The highest BCUT2D eigenvalue weighted by atomic mass is 16.1. The van der Waals surface area contributed by atoms with Crippen LogP contribution in [-0.4, -0.2) is 25.0 Å². The third kappa shape index (κ3) is 4.57. The van der Waals surface area contributed by atoms with Crippen LogP contribution in [-0.2, 0) is 11.2 Å². The van der Waals surface area contributed by atoms with Gasteiger partial charge in [-0.05, 0) is 42.3 Å². The van der Waals surface area contributed by atoms with Crippen LogP contribution in [0.3, 0.4) is 0 Å². The van der Waals surface area contributed by atoms with Gasteiger partial charge in [-0.1, -0.05) is 45.0 Å². The van der Waals surface area contributed by atoms with Gasteiger partial charge in [0.15, 0.2) is 0 Å². The van der Waals surface area contributed by atoms with E-state index in [2.05, 4.69) is 55.7 Å². The Morgan fingerprint density at radius 1 is 1.38 bits per heavy atom. The first kappa shape index (κ1) is 16.0. The van der Waals surface area contributed by atoms with Crippen LogP contribution in [0.1, 0.15) is 50.7 Å². The number of hydrogen-bond donors (Lipinski definition) is 2. The molecule has 0 spiro atoms. The van der Waals surface area contributed by atoms with Crippen molar-refractivity contribution in [1.29, 1.82) is 0 Å². The largest absolute Gasteiger partial charge is 0.352 e. The third-order valence-electron chi connectivity index (χ3n) is 4.62. The van der Waals surface area contributed by atoms with E-state index in [9.17, 15) is 4.79 Å². The molecule has 3 heteroatoms. The van der Waals surface area contributed by atoms with Gasteiger partial charge in [-0.3, -0.25) is 4.79 Å². The summed E-state index contributed by atoms with van der Waals surface area (Å²) in [5.41, 5.74) is 2.59. The zero-order chi connectivity index (χ0) is 15.2. The molecule has 1 fully saturated rings. The molecule has 0 bridgehead atoms. The van der Waals surface area contributed by atoms with Crippen molar-refractivity contribution in [2.75, 3.05) is 13.1 Å². The van der Waals surface area contributed by atoms with E-state index in [1.54, 1.807) is 0 Å². The minimum absolute atomic E-state index is 0.169. The van der Waals surface area contributed by atoms with E-state index in [1.165, 1.54) is 11.1 Å². The van der Waals surface area contributed by atoms with Gasteiger partial charge in [0.1, 0.15) is 0 Å². The Labute approximate surface area is 128 Å². The Morgan fingerprint density at radius 3 is 2.71 bits per heavy atom. The molecule has 3 atom stereocenters. The number of carbonyl (C=O) groups is 1. The monoisotopic (exact) mass is 288 g/mol. The molecule has 1 aliphatic heterocycles. The maximum absolute atomic E-state index is 12.2. The van der Waals surface area contributed by atoms with E-state index >= 15 is 0 Å². The number of amides is 1. The average molecular weight is 288 g/mol. The van der Waals surface area contributed by atoms with Crippen molar-refractivity contribution in [1.82, 2.24) is 10.6 Å². The van der Waals surface area contributed by atoms with E-state index in [4.69, 9.17) is 0 Å². The normalized spacial score (nSPS) is 23.6. The molecule has 3 nitrogen and oxygen atoms in total. The predicted molar refractivity (Wildman–Crippen MR) is 87.4 cm³/mol. The Hall–Kier alpha value is -1.35. The molecule has 1 amide bonds. The number of aryl methyl sites for hydroxylation is 1. The van der Waals surface area contributed by atoms with Crippen LogP contribution < -0.4 is 10.6 Å². The Bertz CT molecular complexity index is 455. The first-order chi connectivity index (χ1) is 10.1. The highest BCUT2D eigenvalue weighted by Gasteiger charge is 2.23. The molecule has 116 valence electrons. The van der Waals surface area contributed by atoms with Crippen molar-refractivity contribution in [3.8, 4) is 0 Å². The van der Waals surface area contributed by atoms with E-state index in [1.807, 2.05) is 0 Å². The molecular formula is C18H28N2O. The first-order valence-corrected chi connectivity index (χ1v) is 8.19. The summed E-state index contributed by atoms with van der Waals surface area (Å²) in [6.07, 6.45) is 2.76. The summed E-state index contributed by atoms with van der Waals surface area (Å²) < 4.78 is 0. The summed E-state index contributed by atoms with van der Waals surface area (Å²) in [5, 5.41) is 6.54. The molecule has 1 heterocycles. The van der Waals surface area contributed by atoms with Crippen LogP contribution in [0.25, 0.3) is 0 Å². The topological polar surface area (TPSA) is 41.1 Å². The van der Waals surface area contributed by atoms with Crippen molar-refractivity contribution >= 4 is 5.91 Å². The highest BCUT2D eigenvalue weighted by Crippen LogP contribution is 2.20. The van der Waals surface area contributed by atoms with Crippen LogP contribution in [0.15, 0.2) is 24.3 Å². The zero-order valence-corrected chi connectivity index (χ0v) is 13.5. The molecular weight excluding hydrogens is 260 g/mol. The molecule has 0 saturated carbocycles. The maximum Gasteiger partial charge on any atom is 0.220 e. The van der Waals surface area contributed by atoms with E-state index < -0.39 is 0 Å². The third-order valence-corrected chi connectivity index (χ3v) is 4.62. The molecule has 21 heavy (non-hydrogen) atoms. The van der Waals surface area contributed by atoms with Crippen LogP contribution in [0.5, 0.6) is 0 Å². The SMILES string of the molecule is CCc1ccc(C(C)CC(=O)NC2CNCCC2C)cc1. The van der Waals surface area contributed by atoms with E-state index in [0.29, 0.717) is 12.3 Å². The fourth-order valence-corrected chi connectivity index (χ4v) is 2.93. The van der Waals surface area contributed by atoms with Gasteiger partial charge in [-0.25, -0.2) is 0 Å². The van der Waals surface area contributed by atoms with Crippen molar-refractivity contribution in [3.63, 3.8) is 0 Å². The van der Waals surface area contributed by atoms with E-state index in [0.717, 1.165) is 25.9 Å². The molecule has 0 aromatic heterocycles. The van der Waals surface area contributed by atoms with Gasteiger partial charge in [0.05, 0.1) is 0 Å². The van der Waals surface area contributed by atoms with Crippen molar-refractivity contribution in [2.24, 2.45) is 5.92 Å². The summed E-state index contributed by atoms with van der Waals surface area (Å²) >= 11 is 0. The Kier molecular flexibility index (Phi) is 5.80. The Balaban J connectivity index is 1.86. The summed E-state index contributed by atoms with van der Waals surface area (Å²) in [6, 6.07) is 8.91. The molecule has 2 rings (SSSR count). The number of hydrogen-bond acceptors (Lipinski definition) is 2. The summed E-state index contributed by atoms with van der Waals surface area (Å²) in [4.78, 5) is 12.2. The second kappa shape index (κ2) is 7.60. The number of benzene rings is 1. The molecule has 1 aliphatic rings. The minimum Gasteiger partial charge on any atom is -0.352 e. The van der Waals surface area contributed by atoms with Gasteiger partial charge in [-0.15, -0.1) is 0 Å². The quantitative estimate of drug-likeness (QED) is 0.875. The van der Waals surface area contributed by atoms with Crippen molar-refractivity contribution in [2.45, 2.75) is 52.0 Å². The maximum atomic E-state index is 12.2. The van der Waals surface area contributed by atoms with Crippen molar-refractivity contribution in [3.05, 3.63) is 35.4 Å². The molecule has 0 radical (unpaired) electrons. The highest BCUT2D eigenvalue weighted by molar-refractivity contribution is 5.77. The second-order valence-corrected chi connectivity index (χ2v) is 6.34.